The Morgan fingerprint density at radius 1 is 1.21 bits per heavy atom. The molecule has 0 aromatic carbocycles. The van der Waals surface area contributed by atoms with Crippen molar-refractivity contribution < 1.29 is 28.6 Å². The van der Waals surface area contributed by atoms with E-state index in [0.717, 1.165) is 10.3 Å². The first kappa shape index (κ1) is 16.9. The van der Waals surface area contributed by atoms with Crippen LogP contribution in [-0.2, 0) is 0 Å². The van der Waals surface area contributed by atoms with Crippen molar-refractivity contribution in [2.75, 3.05) is 41.5 Å². The number of hydrogen-bond donors (Lipinski definition) is 0. The molecule has 3 nitrogen and oxygen atoms in total. The van der Waals surface area contributed by atoms with Crippen LogP contribution >= 0.6 is 24.0 Å². The average molecular weight is 347 g/mol. The minimum atomic E-state index is 0. The van der Waals surface area contributed by atoms with E-state index in [1.807, 2.05) is 55.9 Å². The quantitative estimate of drug-likeness (QED) is 0.161. The van der Waals surface area contributed by atoms with Gasteiger partial charge in [-0.2, -0.15) is 0 Å². The molecule has 14 heavy (non-hydrogen) atoms. The van der Waals surface area contributed by atoms with Crippen LogP contribution in [-0.4, -0.2) is 66.1 Å². The van der Waals surface area contributed by atoms with Gasteiger partial charge in [-0.05, 0) is 18.5 Å². The number of halogens is 1. The van der Waals surface area contributed by atoms with Crippen LogP contribution in [0, 0.1) is 0 Å². The van der Waals surface area contributed by atoms with Crippen LogP contribution in [0.4, 0.5) is 0 Å². The van der Waals surface area contributed by atoms with Gasteiger partial charge >= 0.3 is 5.96 Å². The molecule has 0 rings (SSSR count). The van der Waals surface area contributed by atoms with E-state index < -0.39 is 0 Å². The molecule has 0 bridgehead atoms. The fraction of sp³-hybridized carbons (Fsp3) is 0.750. The van der Waals surface area contributed by atoms with E-state index in [1.54, 1.807) is 11.8 Å². The predicted octanol–water partition coefficient (Wildman–Crippen LogP) is -2.24. The summed E-state index contributed by atoms with van der Waals surface area (Å²) >= 11 is 6.79. The van der Waals surface area contributed by atoms with E-state index >= 15 is 0 Å². The molecule has 0 unspecified atom stereocenters. The summed E-state index contributed by atoms with van der Waals surface area (Å²) < 4.78 is 2.92. The topological polar surface area (TPSA) is 9.49 Å². The monoisotopic (exact) mass is 347 g/mol. The van der Waals surface area contributed by atoms with Crippen molar-refractivity contribution in [2.24, 2.45) is 0 Å². The molecular weight excluding hydrogens is 329 g/mol. The zero-order valence-electron chi connectivity index (χ0n) is 9.54. The molecule has 0 heterocycles. The minimum Gasteiger partial charge on any atom is -1.00 e. The van der Waals surface area contributed by atoms with Gasteiger partial charge in [0.05, 0.1) is 35.2 Å². The van der Waals surface area contributed by atoms with E-state index in [-0.39, 0.29) is 24.0 Å². The second-order valence-electron chi connectivity index (χ2n) is 3.12. The van der Waals surface area contributed by atoms with E-state index in [2.05, 4.69) is 0 Å². The van der Waals surface area contributed by atoms with Crippen molar-refractivity contribution in [1.29, 1.82) is 0 Å². The second-order valence-corrected chi connectivity index (χ2v) is 4.56. The number of nitrogens with zero attached hydrogens (tertiary/aromatic N) is 3. The number of hydrogen-bond acceptors (Lipinski definition) is 2. The zero-order chi connectivity index (χ0) is 10.6. The summed E-state index contributed by atoms with van der Waals surface area (Å²) in [5.41, 5.74) is 0. The molecule has 0 aromatic rings. The Kier molecular flexibility index (Phi) is 9.26. The van der Waals surface area contributed by atoms with Crippen molar-refractivity contribution in [3.63, 3.8) is 0 Å². The third-order valence-corrected chi connectivity index (χ3v) is 2.95. The number of guanidine groups is 1. The summed E-state index contributed by atoms with van der Waals surface area (Å²) in [5, 5.41) is 0. The Hall–Kier alpha value is 0.440. The number of thiocarbonyl (C=S) groups is 1. The smallest absolute Gasteiger partial charge is 0.355 e. The molecule has 0 saturated carbocycles. The van der Waals surface area contributed by atoms with Crippen LogP contribution in [0.5, 0.6) is 0 Å². The van der Waals surface area contributed by atoms with Gasteiger partial charge in [0.25, 0.3) is 0 Å². The molecule has 0 spiro atoms. The van der Waals surface area contributed by atoms with Gasteiger partial charge < -0.3 is 24.0 Å². The summed E-state index contributed by atoms with van der Waals surface area (Å²) in [5.74, 6) is 1.08. The molecule has 0 aliphatic rings. The predicted molar refractivity (Wildman–Crippen MR) is 64.7 cm³/mol. The highest BCUT2D eigenvalue weighted by molar-refractivity contribution is 8.22. The van der Waals surface area contributed by atoms with Crippen LogP contribution in [0.25, 0.3) is 0 Å². The Bertz CT molecular complexity index is 225. The molecule has 0 aromatic heterocycles. The van der Waals surface area contributed by atoms with Crippen molar-refractivity contribution in [3.8, 4) is 0 Å². The first-order valence-electron chi connectivity index (χ1n) is 3.95. The van der Waals surface area contributed by atoms with Crippen LogP contribution < -0.4 is 24.0 Å². The SMILES string of the molecule is CSC(=S)N(C)C(N(C)C)=[N+](C)C.[I-]. The first-order chi connectivity index (χ1) is 5.91. The maximum absolute atomic E-state index is 5.21. The largest absolute Gasteiger partial charge is 1.00 e. The maximum Gasteiger partial charge on any atom is 0.355 e. The summed E-state index contributed by atoms with van der Waals surface area (Å²) in [6.45, 7) is 0. The van der Waals surface area contributed by atoms with Gasteiger partial charge in [0.15, 0.2) is 0 Å². The summed E-state index contributed by atoms with van der Waals surface area (Å²) in [6.07, 6.45) is 1.99. The molecule has 6 heteroatoms. The van der Waals surface area contributed by atoms with Gasteiger partial charge in [0.2, 0.25) is 4.32 Å². The fourth-order valence-corrected chi connectivity index (χ4v) is 1.66. The molecule has 0 atom stereocenters. The van der Waals surface area contributed by atoms with Crippen molar-refractivity contribution in [2.45, 2.75) is 0 Å². The van der Waals surface area contributed by atoms with Gasteiger partial charge in [0, 0.05) is 0 Å². The first-order valence-corrected chi connectivity index (χ1v) is 5.58. The Labute approximate surface area is 114 Å². The van der Waals surface area contributed by atoms with E-state index in [4.69, 9.17) is 12.2 Å². The second kappa shape index (κ2) is 7.70. The van der Waals surface area contributed by atoms with Crippen LogP contribution in [0.3, 0.4) is 0 Å². The lowest BCUT2D eigenvalue weighted by molar-refractivity contribution is -0.474. The Morgan fingerprint density at radius 2 is 1.64 bits per heavy atom. The van der Waals surface area contributed by atoms with E-state index in [0.29, 0.717) is 0 Å². The van der Waals surface area contributed by atoms with Crippen LogP contribution in [0.2, 0.25) is 0 Å². The standard InChI is InChI=1S/C8H18N3S2.HI/c1-9(2)7(10(3)4)11(5)8(12)13-6;/h1-6H3;1H/q+1;/p-1. The average Bonchev–Trinajstić information content (AvgIpc) is 2.01. The molecule has 0 fully saturated rings. The number of rotatable bonds is 0. The Morgan fingerprint density at radius 3 is 1.86 bits per heavy atom. The molecule has 84 valence electrons. The zero-order valence-corrected chi connectivity index (χ0v) is 13.3. The Balaban J connectivity index is 0. The van der Waals surface area contributed by atoms with Crippen molar-refractivity contribution >= 4 is 34.3 Å². The molecule has 0 aliphatic heterocycles. The minimum absolute atomic E-state index is 0. The van der Waals surface area contributed by atoms with Gasteiger partial charge in [-0.3, -0.25) is 9.48 Å². The lowest BCUT2D eigenvalue weighted by atomic mass is 10.7. The van der Waals surface area contributed by atoms with Gasteiger partial charge in [0.1, 0.15) is 0 Å². The van der Waals surface area contributed by atoms with E-state index in [1.165, 1.54) is 0 Å². The maximum atomic E-state index is 5.21. The lowest BCUT2D eigenvalue weighted by Crippen LogP contribution is -3.00. The van der Waals surface area contributed by atoms with Crippen molar-refractivity contribution in [3.05, 3.63) is 0 Å². The summed E-state index contributed by atoms with van der Waals surface area (Å²) in [4.78, 5) is 4.04. The van der Waals surface area contributed by atoms with Gasteiger partial charge in [-0.1, -0.05) is 11.8 Å². The van der Waals surface area contributed by atoms with Crippen molar-refractivity contribution in [1.82, 2.24) is 9.80 Å². The third kappa shape index (κ3) is 4.79. The highest BCUT2D eigenvalue weighted by Crippen LogP contribution is 2.04. The summed E-state index contributed by atoms with van der Waals surface area (Å²) in [6, 6.07) is 0. The normalized spacial score (nSPS) is 8.71. The summed E-state index contributed by atoms with van der Waals surface area (Å²) in [7, 11) is 10.0. The van der Waals surface area contributed by atoms with Crippen LogP contribution in [0.1, 0.15) is 0 Å². The molecule has 0 N–H and O–H groups in total. The van der Waals surface area contributed by atoms with Gasteiger partial charge in [-0.15, -0.1) is 0 Å². The fourth-order valence-electron chi connectivity index (χ4n) is 1.22. The molecule has 0 saturated heterocycles. The molecular formula is C8H18IN3S2. The molecule has 0 radical (unpaired) electrons. The lowest BCUT2D eigenvalue weighted by Gasteiger charge is -2.20. The van der Waals surface area contributed by atoms with Gasteiger partial charge in [-0.25, -0.2) is 4.90 Å². The third-order valence-electron chi connectivity index (χ3n) is 1.55. The number of thioether (sulfide) groups is 1. The highest BCUT2D eigenvalue weighted by Gasteiger charge is 2.21. The molecule has 0 amide bonds. The highest BCUT2D eigenvalue weighted by atomic mass is 127. The molecule has 0 aliphatic carbocycles. The van der Waals surface area contributed by atoms with Crippen LogP contribution in [0.15, 0.2) is 0 Å². The van der Waals surface area contributed by atoms with E-state index in [9.17, 15) is 0 Å².